The van der Waals surface area contributed by atoms with E-state index in [2.05, 4.69) is 17.6 Å². The number of rotatable bonds is 14. The van der Waals surface area contributed by atoms with Gasteiger partial charge in [0.1, 0.15) is 23.4 Å². The van der Waals surface area contributed by atoms with Crippen molar-refractivity contribution in [2.75, 3.05) is 19.0 Å². The summed E-state index contributed by atoms with van der Waals surface area (Å²) in [5, 5.41) is 5.78. The summed E-state index contributed by atoms with van der Waals surface area (Å²) in [5.41, 5.74) is 1.57. The van der Waals surface area contributed by atoms with E-state index in [9.17, 15) is 14.4 Å². The Hall–Kier alpha value is -3.55. The van der Waals surface area contributed by atoms with Crippen LogP contribution in [0.25, 0.3) is 0 Å². The molecule has 0 bridgehead atoms. The Balaban J connectivity index is 2.50. The molecule has 2 N–H and O–H groups in total. The molecule has 8 heteroatoms. The van der Waals surface area contributed by atoms with Crippen LogP contribution in [0.3, 0.4) is 0 Å². The van der Waals surface area contributed by atoms with Gasteiger partial charge in [-0.3, -0.25) is 9.59 Å². The Bertz CT molecular complexity index is 1120. The van der Waals surface area contributed by atoms with E-state index in [-0.39, 0.29) is 17.7 Å². The molecule has 0 aromatic heterocycles. The van der Waals surface area contributed by atoms with Gasteiger partial charge in [0.05, 0.1) is 7.11 Å². The van der Waals surface area contributed by atoms with Crippen LogP contribution in [0.1, 0.15) is 90.8 Å². The summed E-state index contributed by atoms with van der Waals surface area (Å²) in [6.07, 6.45) is 4.28. The van der Waals surface area contributed by atoms with Crippen LogP contribution in [0, 0.1) is 12.8 Å². The van der Waals surface area contributed by atoms with Crippen molar-refractivity contribution in [3.8, 4) is 5.75 Å². The second-order valence-electron chi connectivity index (χ2n) is 11.8. The molecule has 0 saturated carbocycles. The molecule has 0 aliphatic heterocycles. The van der Waals surface area contributed by atoms with Crippen LogP contribution in [0.5, 0.6) is 5.75 Å². The van der Waals surface area contributed by atoms with E-state index in [0.29, 0.717) is 23.5 Å². The fourth-order valence-corrected chi connectivity index (χ4v) is 4.58. The number of alkyl carbamates (subject to hydrolysis) is 1. The second kappa shape index (κ2) is 16.0. The fraction of sp³-hybridized carbons (Fsp3) is 0.545. The Kier molecular flexibility index (Phi) is 13.2. The Labute approximate surface area is 246 Å². The molecule has 0 radical (unpaired) electrons. The average Bonchev–Trinajstić information content (AvgIpc) is 2.89. The fourth-order valence-electron chi connectivity index (χ4n) is 4.58. The molecule has 41 heavy (non-hydrogen) atoms. The lowest BCUT2D eigenvalue weighted by atomic mass is 9.97. The van der Waals surface area contributed by atoms with E-state index in [1.165, 1.54) is 0 Å². The minimum Gasteiger partial charge on any atom is -0.497 e. The molecule has 0 aliphatic rings. The molecule has 0 spiro atoms. The third kappa shape index (κ3) is 11.1. The van der Waals surface area contributed by atoms with Gasteiger partial charge in [-0.1, -0.05) is 76.3 Å². The van der Waals surface area contributed by atoms with Crippen molar-refractivity contribution in [2.45, 2.75) is 98.3 Å². The van der Waals surface area contributed by atoms with Crippen LogP contribution in [0.2, 0.25) is 0 Å². The van der Waals surface area contributed by atoms with E-state index in [0.717, 1.165) is 37.7 Å². The normalized spacial score (nSPS) is 12.8. The van der Waals surface area contributed by atoms with Gasteiger partial charge in [-0.15, -0.1) is 0 Å². The summed E-state index contributed by atoms with van der Waals surface area (Å²) in [6, 6.07) is 12.9. The molecular weight excluding hydrogens is 518 g/mol. The van der Waals surface area contributed by atoms with Gasteiger partial charge in [0.2, 0.25) is 5.91 Å². The van der Waals surface area contributed by atoms with E-state index in [1.54, 1.807) is 57.0 Å². The van der Waals surface area contributed by atoms with E-state index >= 15 is 0 Å². The molecule has 2 aromatic rings. The van der Waals surface area contributed by atoms with Gasteiger partial charge in [-0.2, -0.15) is 0 Å². The van der Waals surface area contributed by atoms with Gasteiger partial charge in [0, 0.05) is 12.2 Å². The zero-order chi connectivity index (χ0) is 30.6. The molecule has 8 nitrogen and oxygen atoms in total. The highest BCUT2D eigenvalue weighted by molar-refractivity contribution is 5.99. The molecule has 0 heterocycles. The first-order valence-electron chi connectivity index (χ1n) is 14.7. The third-order valence-corrected chi connectivity index (χ3v) is 6.67. The van der Waals surface area contributed by atoms with Crippen LogP contribution in [0.15, 0.2) is 48.5 Å². The number of ether oxygens (including phenoxy) is 2. The topological polar surface area (TPSA) is 97.0 Å². The second-order valence-corrected chi connectivity index (χ2v) is 11.8. The minimum absolute atomic E-state index is 0.236. The van der Waals surface area contributed by atoms with Crippen molar-refractivity contribution >= 4 is 23.6 Å². The highest BCUT2D eigenvalue weighted by atomic mass is 16.6. The van der Waals surface area contributed by atoms with Crippen molar-refractivity contribution in [3.63, 3.8) is 0 Å². The lowest BCUT2D eigenvalue weighted by Crippen LogP contribution is -2.54. The van der Waals surface area contributed by atoms with E-state index in [1.807, 2.05) is 45.0 Å². The first kappa shape index (κ1) is 33.7. The molecule has 0 saturated heterocycles. The number of unbranched alkanes of at least 4 members (excludes halogenated alkanes) is 4. The standard InChI is InChI=1S/C33H49N3O5/c1-9-10-11-12-13-21-36(31(38)28(23(2)3)35-32(39)41-33(5,6)7)29(25-16-14-15-24(4)22-25)30(37)34-26-17-19-27(40-8)20-18-26/h14-20,22-23,28-29H,9-13,21H2,1-8H3,(H,34,37)(H,35,39). The summed E-state index contributed by atoms with van der Waals surface area (Å²) >= 11 is 0. The molecule has 2 rings (SSSR count). The molecule has 3 amide bonds. The van der Waals surface area contributed by atoms with Gasteiger partial charge < -0.3 is 25.0 Å². The largest absolute Gasteiger partial charge is 0.497 e. The number of methoxy groups -OCH3 is 1. The summed E-state index contributed by atoms with van der Waals surface area (Å²) in [4.78, 5) is 42.7. The maximum absolute atomic E-state index is 14.3. The predicted molar refractivity (Wildman–Crippen MR) is 164 cm³/mol. The highest BCUT2D eigenvalue weighted by Crippen LogP contribution is 2.27. The van der Waals surface area contributed by atoms with Crippen molar-refractivity contribution in [3.05, 3.63) is 59.7 Å². The number of hydrogen-bond donors (Lipinski definition) is 2. The third-order valence-electron chi connectivity index (χ3n) is 6.67. The maximum Gasteiger partial charge on any atom is 0.408 e. The van der Waals surface area contributed by atoms with Gasteiger partial charge >= 0.3 is 6.09 Å². The van der Waals surface area contributed by atoms with Gasteiger partial charge in [0.15, 0.2) is 0 Å². The zero-order valence-electron chi connectivity index (χ0n) is 26.1. The molecule has 0 fully saturated rings. The molecule has 226 valence electrons. The molecular formula is C33H49N3O5. The number of amides is 3. The monoisotopic (exact) mass is 567 g/mol. The van der Waals surface area contributed by atoms with E-state index < -0.39 is 23.8 Å². The van der Waals surface area contributed by atoms with Crippen molar-refractivity contribution in [2.24, 2.45) is 5.92 Å². The lowest BCUT2D eigenvalue weighted by Gasteiger charge is -2.35. The predicted octanol–water partition coefficient (Wildman–Crippen LogP) is 7.03. The highest BCUT2D eigenvalue weighted by Gasteiger charge is 2.37. The SMILES string of the molecule is CCCCCCCN(C(=O)C(NC(=O)OC(C)(C)C)C(C)C)C(C(=O)Nc1ccc(OC)cc1)c1cccc(C)c1. The number of anilines is 1. The summed E-state index contributed by atoms with van der Waals surface area (Å²) in [7, 11) is 1.59. The average molecular weight is 568 g/mol. The number of carbonyl (C=O) groups excluding carboxylic acids is 3. The Morgan fingerprint density at radius 1 is 0.951 bits per heavy atom. The van der Waals surface area contributed by atoms with Crippen LogP contribution < -0.4 is 15.4 Å². The number of hydrogen-bond acceptors (Lipinski definition) is 5. The van der Waals surface area contributed by atoms with E-state index in [4.69, 9.17) is 9.47 Å². The van der Waals surface area contributed by atoms with Crippen LogP contribution in [-0.2, 0) is 14.3 Å². The number of aryl methyl sites for hydroxylation is 1. The smallest absolute Gasteiger partial charge is 0.408 e. The number of nitrogens with zero attached hydrogens (tertiary/aromatic N) is 1. The first-order chi connectivity index (χ1) is 19.4. The Morgan fingerprint density at radius 3 is 2.17 bits per heavy atom. The van der Waals surface area contributed by atoms with Crippen molar-refractivity contribution in [1.82, 2.24) is 10.2 Å². The number of carbonyl (C=O) groups is 3. The van der Waals surface area contributed by atoms with Crippen LogP contribution >= 0.6 is 0 Å². The van der Waals surface area contributed by atoms with Gasteiger partial charge in [-0.05, 0) is 69.9 Å². The quantitative estimate of drug-likeness (QED) is 0.239. The summed E-state index contributed by atoms with van der Waals surface area (Å²) in [5.74, 6) is -0.212. The Morgan fingerprint density at radius 2 is 1.61 bits per heavy atom. The van der Waals surface area contributed by atoms with Crippen LogP contribution in [0.4, 0.5) is 10.5 Å². The lowest BCUT2D eigenvalue weighted by molar-refractivity contribution is -0.141. The maximum atomic E-state index is 14.3. The summed E-state index contributed by atoms with van der Waals surface area (Å²) < 4.78 is 10.7. The number of nitrogens with one attached hydrogen (secondary N) is 2. The first-order valence-corrected chi connectivity index (χ1v) is 14.7. The number of benzene rings is 2. The van der Waals surface area contributed by atoms with Gasteiger partial charge in [0.25, 0.3) is 5.91 Å². The van der Waals surface area contributed by atoms with Crippen molar-refractivity contribution < 1.29 is 23.9 Å². The zero-order valence-corrected chi connectivity index (χ0v) is 26.1. The van der Waals surface area contributed by atoms with Gasteiger partial charge in [-0.25, -0.2) is 4.79 Å². The minimum atomic E-state index is -0.905. The van der Waals surface area contributed by atoms with Crippen LogP contribution in [-0.4, -0.2) is 48.1 Å². The molecule has 2 atom stereocenters. The van der Waals surface area contributed by atoms with Crippen molar-refractivity contribution in [1.29, 1.82) is 0 Å². The molecule has 2 aromatic carbocycles. The summed E-state index contributed by atoms with van der Waals surface area (Å²) in [6.45, 7) is 13.6. The molecule has 0 aliphatic carbocycles. The molecule has 2 unspecified atom stereocenters.